The maximum absolute atomic E-state index is 13.7. The first-order chi connectivity index (χ1) is 15.3. The van der Waals surface area contributed by atoms with Crippen molar-refractivity contribution in [2.75, 3.05) is 26.3 Å². The minimum Gasteiger partial charge on any atom is -0.378 e. The highest BCUT2D eigenvalue weighted by molar-refractivity contribution is 7.18. The van der Waals surface area contributed by atoms with E-state index in [1.165, 1.54) is 0 Å². The Hall–Kier alpha value is -3.21. The van der Waals surface area contributed by atoms with Gasteiger partial charge in [-0.1, -0.05) is 91.0 Å². The van der Waals surface area contributed by atoms with E-state index >= 15 is 0 Å². The second-order valence-electron chi connectivity index (χ2n) is 7.51. The zero-order chi connectivity index (χ0) is 21.0. The summed E-state index contributed by atoms with van der Waals surface area (Å²) in [5, 5.41) is 0. The number of amides is 1. The molecule has 0 bridgehead atoms. The predicted octanol–water partition coefficient (Wildman–Crippen LogP) is 6.22. The van der Waals surface area contributed by atoms with Gasteiger partial charge in [0.05, 0.1) is 13.2 Å². The van der Waals surface area contributed by atoms with Crippen LogP contribution in [0.25, 0.3) is 32.7 Å². The molecule has 1 aliphatic rings. The first kappa shape index (κ1) is 19.7. The van der Waals surface area contributed by atoms with Crippen LogP contribution in [-0.4, -0.2) is 37.1 Å². The molecule has 1 aliphatic heterocycles. The summed E-state index contributed by atoms with van der Waals surface area (Å²) < 4.78 is 5.48. The first-order valence-corrected chi connectivity index (χ1v) is 11.3. The van der Waals surface area contributed by atoms with Crippen LogP contribution in [0.5, 0.6) is 0 Å². The van der Waals surface area contributed by atoms with E-state index in [1.54, 1.807) is 11.3 Å². The number of thiophene rings is 1. The number of carbonyl (C=O) groups excluding carboxylic acids is 1. The molecule has 5 rings (SSSR count). The van der Waals surface area contributed by atoms with E-state index in [0.717, 1.165) is 37.6 Å². The molecule has 0 unspecified atom stereocenters. The van der Waals surface area contributed by atoms with E-state index in [-0.39, 0.29) is 5.91 Å². The maximum Gasteiger partial charge on any atom is 0.264 e. The number of benzene rings is 3. The summed E-state index contributed by atoms with van der Waals surface area (Å²) >= 11 is 1.60. The molecule has 31 heavy (non-hydrogen) atoms. The van der Waals surface area contributed by atoms with Crippen LogP contribution in [0.4, 0.5) is 0 Å². The van der Waals surface area contributed by atoms with Crippen molar-refractivity contribution in [3.8, 4) is 32.7 Å². The van der Waals surface area contributed by atoms with Gasteiger partial charge in [-0.25, -0.2) is 0 Å². The molecule has 3 nitrogen and oxygen atoms in total. The summed E-state index contributed by atoms with van der Waals surface area (Å²) in [5.41, 5.74) is 5.46. The third-order valence-electron chi connectivity index (χ3n) is 5.56. The molecule has 0 N–H and O–H groups in total. The summed E-state index contributed by atoms with van der Waals surface area (Å²) in [4.78, 5) is 17.5. The predicted molar refractivity (Wildman–Crippen MR) is 127 cm³/mol. The van der Waals surface area contributed by atoms with Crippen molar-refractivity contribution >= 4 is 17.2 Å². The Labute approximate surface area is 186 Å². The molecule has 2 heterocycles. The minimum absolute atomic E-state index is 0.0894. The minimum atomic E-state index is 0.0894. The van der Waals surface area contributed by atoms with Gasteiger partial charge >= 0.3 is 0 Å². The summed E-state index contributed by atoms with van der Waals surface area (Å²) in [6, 6.07) is 31.0. The SMILES string of the molecule is O=C(c1sc(-c2ccccc2)c(-c2ccccc2)c1-c1ccccc1)N1CCOCC1. The van der Waals surface area contributed by atoms with Crippen LogP contribution in [0.3, 0.4) is 0 Å². The van der Waals surface area contributed by atoms with Crippen LogP contribution in [0.1, 0.15) is 9.67 Å². The lowest BCUT2D eigenvalue weighted by Crippen LogP contribution is -2.40. The largest absolute Gasteiger partial charge is 0.378 e. The molecule has 1 aromatic heterocycles. The number of ether oxygens (including phenoxy) is 1. The van der Waals surface area contributed by atoms with E-state index in [1.807, 2.05) is 35.2 Å². The van der Waals surface area contributed by atoms with E-state index in [2.05, 4.69) is 60.7 Å². The lowest BCUT2D eigenvalue weighted by Gasteiger charge is -2.26. The van der Waals surface area contributed by atoms with E-state index in [0.29, 0.717) is 26.3 Å². The molecule has 154 valence electrons. The first-order valence-electron chi connectivity index (χ1n) is 10.5. The third kappa shape index (κ3) is 3.92. The topological polar surface area (TPSA) is 29.5 Å². The lowest BCUT2D eigenvalue weighted by atomic mass is 9.92. The van der Waals surface area contributed by atoms with Crippen LogP contribution in [0.15, 0.2) is 91.0 Å². The van der Waals surface area contributed by atoms with Crippen molar-refractivity contribution in [2.24, 2.45) is 0 Å². The van der Waals surface area contributed by atoms with Gasteiger partial charge in [-0.2, -0.15) is 0 Å². The fourth-order valence-electron chi connectivity index (χ4n) is 4.05. The van der Waals surface area contributed by atoms with E-state index in [4.69, 9.17) is 4.74 Å². The van der Waals surface area contributed by atoms with Crippen molar-refractivity contribution in [3.05, 3.63) is 95.9 Å². The average Bonchev–Trinajstić information content (AvgIpc) is 3.26. The van der Waals surface area contributed by atoms with Gasteiger partial charge in [0.2, 0.25) is 0 Å². The highest BCUT2D eigenvalue weighted by Crippen LogP contribution is 2.48. The Morgan fingerprint density at radius 1 is 0.677 bits per heavy atom. The quantitative estimate of drug-likeness (QED) is 0.388. The molecule has 0 atom stereocenters. The van der Waals surface area contributed by atoms with Gasteiger partial charge in [-0.3, -0.25) is 4.79 Å². The molecule has 0 radical (unpaired) electrons. The zero-order valence-corrected chi connectivity index (χ0v) is 18.0. The molecule has 0 saturated carbocycles. The summed E-state index contributed by atoms with van der Waals surface area (Å²) in [6.07, 6.45) is 0. The number of rotatable bonds is 4. The number of hydrogen-bond donors (Lipinski definition) is 0. The number of morpholine rings is 1. The summed E-state index contributed by atoms with van der Waals surface area (Å²) in [6.45, 7) is 2.45. The van der Waals surface area contributed by atoms with Crippen LogP contribution < -0.4 is 0 Å². The Kier molecular flexibility index (Phi) is 5.65. The van der Waals surface area contributed by atoms with Gasteiger partial charge in [-0.05, 0) is 16.7 Å². The van der Waals surface area contributed by atoms with Gasteiger partial charge in [0.1, 0.15) is 4.88 Å². The number of hydrogen-bond acceptors (Lipinski definition) is 3. The normalized spacial score (nSPS) is 13.9. The zero-order valence-electron chi connectivity index (χ0n) is 17.2. The summed E-state index contributed by atoms with van der Waals surface area (Å²) in [5.74, 6) is 0.0894. The fraction of sp³-hybridized carbons (Fsp3) is 0.148. The van der Waals surface area contributed by atoms with Crippen molar-refractivity contribution in [2.45, 2.75) is 0 Å². The molecular formula is C27H23NO2S. The lowest BCUT2D eigenvalue weighted by molar-refractivity contribution is 0.0306. The van der Waals surface area contributed by atoms with E-state index in [9.17, 15) is 4.79 Å². The molecule has 1 fully saturated rings. The summed E-state index contributed by atoms with van der Waals surface area (Å²) in [7, 11) is 0. The third-order valence-corrected chi connectivity index (χ3v) is 6.79. The molecule has 1 saturated heterocycles. The molecule has 4 aromatic rings. The standard InChI is InChI=1S/C27H23NO2S/c29-27(28-16-18-30-19-17-28)26-24(21-12-6-2-7-13-21)23(20-10-4-1-5-11-20)25(31-26)22-14-8-3-9-15-22/h1-15H,16-19H2. The maximum atomic E-state index is 13.7. The van der Waals surface area contributed by atoms with Crippen LogP contribution in [0.2, 0.25) is 0 Å². The Bertz CT molecular complexity index is 1160. The van der Waals surface area contributed by atoms with Gasteiger partial charge < -0.3 is 9.64 Å². The fourth-order valence-corrected chi connectivity index (χ4v) is 5.36. The average molecular weight is 426 g/mol. The second kappa shape index (κ2) is 8.88. The van der Waals surface area contributed by atoms with Crippen molar-refractivity contribution in [3.63, 3.8) is 0 Å². The van der Waals surface area contributed by atoms with Crippen molar-refractivity contribution in [1.29, 1.82) is 0 Å². The van der Waals surface area contributed by atoms with Crippen LogP contribution in [-0.2, 0) is 4.74 Å². The highest BCUT2D eigenvalue weighted by Gasteiger charge is 2.29. The monoisotopic (exact) mass is 425 g/mol. The Balaban J connectivity index is 1.78. The Morgan fingerprint density at radius 2 is 1.16 bits per heavy atom. The van der Waals surface area contributed by atoms with Gasteiger partial charge in [0, 0.05) is 29.1 Å². The van der Waals surface area contributed by atoms with Crippen molar-refractivity contribution < 1.29 is 9.53 Å². The molecule has 0 spiro atoms. The highest BCUT2D eigenvalue weighted by atomic mass is 32.1. The molecular weight excluding hydrogens is 402 g/mol. The van der Waals surface area contributed by atoms with Gasteiger partial charge in [0.25, 0.3) is 5.91 Å². The van der Waals surface area contributed by atoms with Crippen LogP contribution >= 0.6 is 11.3 Å². The molecule has 0 aliphatic carbocycles. The number of nitrogens with zero attached hydrogens (tertiary/aromatic N) is 1. The smallest absolute Gasteiger partial charge is 0.264 e. The van der Waals surface area contributed by atoms with Gasteiger partial charge in [-0.15, -0.1) is 11.3 Å². The van der Waals surface area contributed by atoms with Crippen LogP contribution in [0, 0.1) is 0 Å². The molecule has 4 heteroatoms. The van der Waals surface area contributed by atoms with E-state index < -0.39 is 0 Å². The van der Waals surface area contributed by atoms with Crippen molar-refractivity contribution in [1.82, 2.24) is 4.90 Å². The molecule has 3 aromatic carbocycles. The van der Waals surface area contributed by atoms with Gasteiger partial charge in [0.15, 0.2) is 0 Å². The number of carbonyl (C=O) groups is 1. The molecule has 1 amide bonds. The Morgan fingerprint density at radius 3 is 1.71 bits per heavy atom. The second-order valence-corrected chi connectivity index (χ2v) is 8.53.